The Kier molecular flexibility index (Phi) is 2.46. The average Bonchev–Trinajstić information content (AvgIpc) is 2.90. The summed E-state index contributed by atoms with van der Waals surface area (Å²) in [5.74, 6) is 0. The molecular weight excluding hydrogens is 248 g/mol. The molecule has 0 aliphatic rings. The fraction of sp³-hybridized carbons (Fsp3) is 0.364. The molecule has 0 aliphatic heterocycles. The first-order valence-electron chi connectivity index (χ1n) is 5.63. The predicted octanol–water partition coefficient (Wildman–Crippen LogP) is 1.23. The van der Waals surface area contributed by atoms with E-state index in [9.17, 15) is 0 Å². The SMILES string of the molecule is CC(C)(N)c1cn(Cc2cn3ccsc3n2)nn1. The summed E-state index contributed by atoms with van der Waals surface area (Å²) in [4.78, 5) is 5.49. The number of fused-ring (bicyclic) bond motifs is 1. The molecule has 3 aromatic heterocycles. The molecule has 0 aliphatic carbocycles. The van der Waals surface area contributed by atoms with Gasteiger partial charge >= 0.3 is 0 Å². The molecule has 94 valence electrons. The molecule has 2 N–H and O–H groups in total. The summed E-state index contributed by atoms with van der Waals surface area (Å²) in [7, 11) is 0. The van der Waals surface area contributed by atoms with Gasteiger partial charge in [-0.3, -0.25) is 4.40 Å². The second-order valence-electron chi connectivity index (χ2n) is 4.85. The molecule has 0 amide bonds. The lowest BCUT2D eigenvalue weighted by atomic mass is 10.0. The average molecular weight is 262 g/mol. The van der Waals surface area contributed by atoms with Crippen LogP contribution in [-0.4, -0.2) is 24.4 Å². The molecule has 0 unspecified atom stereocenters. The van der Waals surface area contributed by atoms with Crippen LogP contribution in [0.4, 0.5) is 0 Å². The van der Waals surface area contributed by atoms with Crippen LogP contribution >= 0.6 is 11.3 Å². The van der Waals surface area contributed by atoms with Gasteiger partial charge in [0.15, 0.2) is 4.96 Å². The van der Waals surface area contributed by atoms with E-state index in [1.807, 2.05) is 42.2 Å². The topological polar surface area (TPSA) is 74.0 Å². The lowest BCUT2D eigenvalue weighted by molar-refractivity contribution is 0.533. The van der Waals surface area contributed by atoms with Gasteiger partial charge in [0, 0.05) is 17.8 Å². The summed E-state index contributed by atoms with van der Waals surface area (Å²) in [6.45, 7) is 4.43. The second kappa shape index (κ2) is 3.89. The molecule has 6 nitrogen and oxygen atoms in total. The number of thiazole rings is 1. The molecule has 3 rings (SSSR count). The lowest BCUT2D eigenvalue weighted by Crippen LogP contribution is -2.29. The van der Waals surface area contributed by atoms with Crippen LogP contribution in [0.3, 0.4) is 0 Å². The standard InChI is InChI=1S/C11H14N6S/c1-11(2,12)9-7-17(15-14-9)6-8-5-16-3-4-18-10(16)13-8/h3-5,7H,6,12H2,1-2H3. The van der Waals surface area contributed by atoms with Crippen molar-refractivity contribution in [3.63, 3.8) is 0 Å². The van der Waals surface area contributed by atoms with E-state index >= 15 is 0 Å². The van der Waals surface area contributed by atoms with E-state index in [4.69, 9.17) is 5.73 Å². The Hall–Kier alpha value is -1.73. The van der Waals surface area contributed by atoms with Crippen LogP contribution in [0.2, 0.25) is 0 Å². The minimum Gasteiger partial charge on any atom is -0.320 e. The lowest BCUT2D eigenvalue weighted by Gasteiger charge is -2.13. The van der Waals surface area contributed by atoms with E-state index < -0.39 is 5.54 Å². The molecule has 0 aromatic carbocycles. The van der Waals surface area contributed by atoms with E-state index in [2.05, 4.69) is 15.3 Å². The molecule has 0 saturated heterocycles. The van der Waals surface area contributed by atoms with Crippen molar-refractivity contribution >= 4 is 16.3 Å². The van der Waals surface area contributed by atoms with Crippen molar-refractivity contribution < 1.29 is 0 Å². The Morgan fingerprint density at radius 3 is 2.89 bits per heavy atom. The van der Waals surface area contributed by atoms with Gasteiger partial charge in [0.05, 0.1) is 24.0 Å². The Morgan fingerprint density at radius 1 is 1.39 bits per heavy atom. The van der Waals surface area contributed by atoms with E-state index in [0.29, 0.717) is 6.54 Å². The Bertz CT molecular complexity index is 642. The highest BCUT2D eigenvalue weighted by Gasteiger charge is 2.18. The van der Waals surface area contributed by atoms with Crippen molar-refractivity contribution in [3.8, 4) is 0 Å². The van der Waals surface area contributed by atoms with Crippen molar-refractivity contribution in [2.24, 2.45) is 5.73 Å². The molecule has 0 bridgehead atoms. The van der Waals surface area contributed by atoms with Crippen LogP contribution in [0.1, 0.15) is 25.2 Å². The summed E-state index contributed by atoms with van der Waals surface area (Å²) < 4.78 is 3.76. The largest absolute Gasteiger partial charge is 0.320 e. The molecule has 0 spiro atoms. The van der Waals surface area contributed by atoms with E-state index in [1.165, 1.54) is 0 Å². The third kappa shape index (κ3) is 2.02. The number of nitrogens with zero attached hydrogens (tertiary/aromatic N) is 5. The maximum absolute atomic E-state index is 5.97. The van der Waals surface area contributed by atoms with Gasteiger partial charge in [0.1, 0.15) is 5.69 Å². The van der Waals surface area contributed by atoms with Crippen molar-refractivity contribution in [1.29, 1.82) is 0 Å². The maximum Gasteiger partial charge on any atom is 0.193 e. The maximum atomic E-state index is 5.97. The fourth-order valence-electron chi connectivity index (χ4n) is 1.69. The first kappa shape index (κ1) is 11.4. The number of imidazole rings is 1. The summed E-state index contributed by atoms with van der Waals surface area (Å²) in [6.07, 6.45) is 5.86. The van der Waals surface area contributed by atoms with Gasteiger partial charge in [-0.15, -0.1) is 16.4 Å². The highest BCUT2D eigenvalue weighted by molar-refractivity contribution is 7.15. The van der Waals surface area contributed by atoms with Gasteiger partial charge in [0.25, 0.3) is 0 Å². The number of nitrogens with two attached hydrogens (primary N) is 1. The molecule has 0 saturated carbocycles. The molecule has 3 aromatic rings. The molecular formula is C11H14N6S. The number of hydrogen-bond acceptors (Lipinski definition) is 5. The van der Waals surface area contributed by atoms with Crippen molar-refractivity contribution in [2.45, 2.75) is 25.9 Å². The van der Waals surface area contributed by atoms with Crippen LogP contribution in [0, 0.1) is 0 Å². The first-order chi connectivity index (χ1) is 8.52. The monoisotopic (exact) mass is 262 g/mol. The second-order valence-corrected chi connectivity index (χ2v) is 5.72. The zero-order valence-corrected chi connectivity index (χ0v) is 11.1. The summed E-state index contributed by atoms with van der Waals surface area (Å²) in [5.41, 5.74) is 7.26. The van der Waals surface area contributed by atoms with Gasteiger partial charge in [-0.25, -0.2) is 9.67 Å². The normalized spacial score (nSPS) is 12.4. The molecule has 18 heavy (non-hydrogen) atoms. The van der Waals surface area contributed by atoms with E-state index in [-0.39, 0.29) is 0 Å². The Balaban J connectivity index is 1.84. The Morgan fingerprint density at radius 2 is 2.22 bits per heavy atom. The van der Waals surface area contributed by atoms with Gasteiger partial charge in [0.2, 0.25) is 0 Å². The highest BCUT2D eigenvalue weighted by atomic mass is 32.1. The third-order valence-corrected chi connectivity index (χ3v) is 3.44. The number of aromatic nitrogens is 5. The van der Waals surface area contributed by atoms with Crippen LogP contribution in [0.15, 0.2) is 24.0 Å². The van der Waals surface area contributed by atoms with Crippen molar-refractivity contribution in [1.82, 2.24) is 24.4 Å². The molecule has 3 heterocycles. The molecule has 0 atom stereocenters. The number of hydrogen-bond donors (Lipinski definition) is 1. The van der Waals surface area contributed by atoms with Crippen LogP contribution < -0.4 is 5.73 Å². The molecule has 0 fully saturated rings. The smallest absolute Gasteiger partial charge is 0.193 e. The number of rotatable bonds is 3. The highest BCUT2D eigenvalue weighted by Crippen LogP contribution is 2.14. The third-order valence-electron chi connectivity index (χ3n) is 2.67. The van der Waals surface area contributed by atoms with Gasteiger partial charge in [-0.05, 0) is 13.8 Å². The Labute approximate surface area is 108 Å². The molecule has 7 heteroatoms. The van der Waals surface area contributed by atoms with Gasteiger partial charge < -0.3 is 5.73 Å². The minimum atomic E-state index is -0.465. The zero-order valence-electron chi connectivity index (χ0n) is 10.2. The quantitative estimate of drug-likeness (QED) is 0.770. The van der Waals surface area contributed by atoms with E-state index in [0.717, 1.165) is 16.3 Å². The van der Waals surface area contributed by atoms with Crippen LogP contribution in [-0.2, 0) is 12.1 Å². The van der Waals surface area contributed by atoms with Gasteiger partial charge in [-0.2, -0.15) is 0 Å². The predicted molar refractivity (Wildman–Crippen MR) is 69.4 cm³/mol. The zero-order chi connectivity index (χ0) is 12.8. The van der Waals surface area contributed by atoms with Crippen molar-refractivity contribution in [3.05, 3.63) is 35.4 Å². The summed E-state index contributed by atoms with van der Waals surface area (Å²) in [6, 6.07) is 0. The van der Waals surface area contributed by atoms with Crippen molar-refractivity contribution in [2.75, 3.05) is 0 Å². The fourth-order valence-corrected chi connectivity index (χ4v) is 2.41. The van der Waals surface area contributed by atoms with Gasteiger partial charge in [-0.1, -0.05) is 5.21 Å². The first-order valence-corrected chi connectivity index (χ1v) is 6.51. The molecule has 0 radical (unpaired) electrons. The van der Waals surface area contributed by atoms with E-state index in [1.54, 1.807) is 16.0 Å². The van der Waals surface area contributed by atoms with Crippen LogP contribution in [0.25, 0.3) is 4.96 Å². The van der Waals surface area contributed by atoms with Crippen LogP contribution in [0.5, 0.6) is 0 Å². The summed E-state index contributed by atoms with van der Waals surface area (Å²) >= 11 is 1.61. The summed E-state index contributed by atoms with van der Waals surface area (Å²) in [5, 5.41) is 10.2. The minimum absolute atomic E-state index is 0.465.